The van der Waals surface area contributed by atoms with E-state index in [-0.39, 0.29) is 11.4 Å². The summed E-state index contributed by atoms with van der Waals surface area (Å²) in [4.78, 5) is 4.16. The summed E-state index contributed by atoms with van der Waals surface area (Å²) in [6.07, 6.45) is 3.29. The molecule has 0 aliphatic rings. The molecule has 0 aliphatic heterocycles. The van der Waals surface area contributed by atoms with Crippen LogP contribution in [-0.4, -0.2) is 24.8 Å². The number of sulfonamides is 1. The molecule has 0 fully saturated rings. The number of rotatable bonds is 4. The SMILES string of the molecule is CN(Cc1cccnc1)S(=O)(=O)c1cccc(N)c1. The Bertz CT molecular complexity index is 657. The van der Waals surface area contributed by atoms with Gasteiger partial charge in [-0.1, -0.05) is 12.1 Å². The number of aromatic nitrogens is 1. The number of nitrogen functional groups attached to an aromatic ring is 1. The molecule has 2 N–H and O–H groups in total. The normalized spacial score (nSPS) is 11.7. The van der Waals surface area contributed by atoms with Gasteiger partial charge in [0, 0.05) is 31.7 Å². The molecule has 0 saturated carbocycles. The molecule has 0 aliphatic carbocycles. The predicted molar refractivity (Wildman–Crippen MR) is 73.7 cm³/mol. The van der Waals surface area contributed by atoms with Gasteiger partial charge in [-0.2, -0.15) is 4.31 Å². The first-order chi connectivity index (χ1) is 9.00. The van der Waals surface area contributed by atoms with E-state index < -0.39 is 10.0 Å². The molecular formula is C13H15N3O2S. The topological polar surface area (TPSA) is 76.3 Å². The third kappa shape index (κ3) is 3.10. The van der Waals surface area contributed by atoms with Crippen molar-refractivity contribution >= 4 is 15.7 Å². The number of hydrogen-bond donors (Lipinski definition) is 1. The number of nitrogens with two attached hydrogens (primary N) is 1. The van der Waals surface area contributed by atoms with E-state index >= 15 is 0 Å². The van der Waals surface area contributed by atoms with Crippen LogP contribution in [0.1, 0.15) is 5.56 Å². The maximum absolute atomic E-state index is 12.3. The zero-order valence-electron chi connectivity index (χ0n) is 10.5. The fourth-order valence-electron chi connectivity index (χ4n) is 1.69. The van der Waals surface area contributed by atoms with E-state index in [0.29, 0.717) is 5.69 Å². The second-order valence-electron chi connectivity index (χ2n) is 4.19. The third-order valence-electron chi connectivity index (χ3n) is 2.69. The van der Waals surface area contributed by atoms with Crippen LogP contribution in [0.3, 0.4) is 0 Å². The fraction of sp³-hybridized carbons (Fsp3) is 0.154. The second-order valence-corrected chi connectivity index (χ2v) is 6.24. The molecule has 0 atom stereocenters. The van der Waals surface area contributed by atoms with Crippen molar-refractivity contribution in [1.29, 1.82) is 0 Å². The fourth-order valence-corrected chi connectivity index (χ4v) is 2.90. The average Bonchev–Trinajstić information content (AvgIpc) is 2.40. The van der Waals surface area contributed by atoms with Crippen LogP contribution in [-0.2, 0) is 16.6 Å². The van der Waals surface area contributed by atoms with Crippen molar-refractivity contribution in [1.82, 2.24) is 9.29 Å². The minimum absolute atomic E-state index is 0.193. The van der Waals surface area contributed by atoms with Crippen LogP contribution in [0.25, 0.3) is 0 Å². The van der Waals surface area contributed by atoms with E-state index in [2.05, 4.69) is 4.98 Å². The summed E-state index contributed by atoms with van der Waals surface area (Å²) in [5.74, 6) is 0. The lowest BCUT2D eigenvalue weighted by atomic mass is 10.3. The van der Waals surface area contributed by atoms with Crippen LogP contribution in [0.2, 0.25) is 0 Å². The highest BCUT2D eigenvalue weighted by Gasteiger charge is 2.20. The Kier molecular flexibility index (Phi) is 3.82. The second kappa shape index (κ2) is 5.38. The molecule has 19 heavy (non-hydrogen) atoms. The van der Waals surface area contributed by atoms with Gasteiger partial charge in [-0.3, -0.25) is 4.98 Å². The van der Waals surface area contributed by atoms with E-state index in [9.17, 15) is 8.42 Å². The van der Waals surface area contributed by atoms with Crippen molar-refractivity contribution < 1.29 is 8.42 Å². The lowest BCUT2D eigenvalue weighted by Gasteiger charge is -2.17. The lowest BCUT2D eigenvalue weighted by Crippen LogP contribution is -2.26. The number of pyridine rings is 1. The maximum atomic E-state index is 12.3. The summed E-state index contributed by atoms with van der Waals surface area (Å²) in [5, 5.41) is 0. The Balaban J connectivity index is 2.25. The average molecular weight is 277 g/mol. The van der Waals surface area contributed by atoms with Gasteiger partial charge < -0.3 is 5.73 Å². The summed E-state index contributed by atoms with van der Waals surface area (Å²) >= 11 is 0. The van der Waals surface area contributed by atoms with Gasteiger partial charge in [0.1, 0.15) is 0 Å². The molecule has 0 spiro atoms. The van der Waals surface area contributed by atoms with E-state index in [1.165, 1.54) is 23.5 Å². The summed E-state index contributed by atoms with van der Waals surface area (Å²) < 4.78 is 26.0. The van der Waals surface area contributed by atoms with E-state index in [1.807, 2.05) is 6.07 Å². The number of anilines is 1. The monoisotopic (exact) mass is 277 g/mol. The molecule has 0 amide bonds. The highest BCUT2D eigenvalue weighted by Crippen LogP contribution is 2.18. The van der Waals surface area contributed by atoms with E-state index in [0.717, 1.165) is 5.56 Å². The molecule has 0 bridgehead atoms. The summed E-state index contributed by atoms with van der Waals surface area (Å²) in [6, 6.07) is 9.87. The van der Waals surface area contributed by atoms with E-state index in [1.54, 1.807) is 30.6 Å². The first-order valence-corrected chi connectivity index (χ1v) is 7.15. The number of nitrogens with zero attached hydrogens (tertiary/aromatic N) is 2. The molecule has 0 unspecified atom stereocenters. The molecular weight excluding hydrogens is 262 g/mol. The molecule has 0 saturated heterocycles. The van der Waals surface area contributed by atoms with Crippen molar-refractivity contribution in [3.63, 3.8) is 0 Å². The molecule has 0 radical (unpaired) electrons. The number of hydrogen-bond acceptors (Lipinski definition) is 4. The Morgan fingerprint density at radius 3 is 2.68 bits per heavy atom. The van der Waals surface area contributed by atoms with Gasteiger partial charge in [0.2, 0.25) is 10.0 Å². The first kappa shape index (κ1) is 13.5. The zero-order chi connectivity index (χ0) is 13.9. The summed E-state index contributed by atoms with van der Waals surface area (Å²) in [7, 11) is -2.00. The minimum atomic E-state index is -3.53. The van der Waals surface area contributed by atoms with Crippen LogP contribution in [0.15, 0.2) is 53.7 Å². The third-order valence-corrected chi connectivity index (χ3v) is 4.49. The van der Waals surface area contributed by atoms with Gasteiger partial charge >= 0.3 is 0 Å². The minimum Gasteiger partial charge on any atom is -0.399 e. The molecule has 1 aromatic carbocycles. The first-order valence-electron chi connectivity index (χ1n) is 5.71. The van der Waals surface area contributed by atoms with Crippen molar-refractivity contribution in [2.75, 3.05) is 12.8 Å². The van der Waals surface area contributed by atoms with Crippen LogP contribution >= 0.6 is 0 Å². The lowest BCUT2D eigenvalue weighted by molar-refractivity contribution is 0.466. The molecule has 100 valence electrons. The van der Waals surface area contributed by atoms with E-state index in [4.69, 9.17) is 5.73 Å². The Morgan fingerprint density at radius 2 is 2.05 bits per heavy atom. The zero-order valence-corrected chi connectivity index (χ0v) is 11.3. The van der Waals surface area contributed by atoms with Crippen LogP contribution in [0, 0.1) is 0 Å². The van der Waals surface area contributed by atoms with Crippen LogP contribution < -0.4 is 5.73 Å². The molecule has 2 rings (SSSR count). The van der Waals surface area contributed by atoms with Gasteiger partial charge in [0.05, 0.1) is 4.90 Å². The van der Waals surface area contributed by atoms with Gasteiger partial charge in [0.25, 0.3) is 0 Å². The smallest absolute Gasteiger partial charge is 0.243 e. The predicted octanol–water partition coefficient (Wildman–Crippen LogP) is 1.48. The van der Waals surface area contributed by atoms with Crippen molar-refractivity contribution in [3.8, 4) is 0 Å². The quantitative estimate of drug-likeness (QED) is 0.859. The largest absolute Gasteiger partial charge is 0.399 e. The van der Waals surface area contributed by atoms with Crippen molar-refractivity contribution in [2.45, 2.75) is 11.4 Å². The van der Waals surface area contributed by atoms with Gasteiger partial charge in [0.15, 0.2) is 0 Å². The van der Waals surface area contributed by atoms with Gasteiger partial charge in [-0.05, 0) is 29.8 Å². The standard InChI is InChI=1S/C13H15N3O2S/c1-16(10-11-4-3-7-15-9-11)19(17,18)13-6-2-5-12(14)8-13/h2-9H,10,14H2,1H3. The summed E-state index contributed by atoms with van der Waals surface area (Å²) in [6.45, 7) is 0.269. The Hall–Kier alpha value is -1.92. The molecule has 2 aromatic rings. The number of benzene rings is 1. The Labute approximate surface area is 112 Å². The van der Waals surface area contributed by atoms with Gasteiger partial charge in [-0.15, -0.1) is 0 Å². The van der Waals surface area contributed by atoms with Crippen LogP contribution in [0.4, 0.5) is 5.69 Å². The molecule has 1 heterocycles. The molecule has 6 heteroatoms. The molecule has 5 nitrogen and oxygen atoms in total. The highest BCUT2D eigenvalue weighted by molar-refractivity contribution is 7.89. The Morgan fingerprint density at radius 1 is 1.26 bits per heavy atom. The summed E-state index contributed by atoms with van der Waals surface area (Å²) in [5.41, 5.74) is 6.87. The maximum Gasteiger partial charge on any atom is 0.243 e. The molecule has 1 aromatic heterocycles. The highest BCUT2D eigenvalue weighted by atomic mass is 32.2. The van der Waals surface area contributed by atoms with Crippen molar-refractivity contribution in [3.05, 3.63) is 54.4 Å². The van der Waals surface area contributed by atoms with Crippen LogP contribution in [0.5, 0.6) is 0 Å². The van der Waals surface area contributed by atoms with Crippen molar-refractivity contribution in [2.24, 2.45) is 0 Å². The van der Waals surface area contributed by atoms with Gasteiger partial charge in [-0.25, -0.2) is 8.42 Å².